The van der Waals surface area contributed by atoms with Gasteiger partial charge in [0.05, 0.1) is 7.11 Å². The average molecular weight is 214 g/mol. The van der Waals surface area contributed by atoms with Crippen molar-refractivity contribution < 1.29 is 19.0 Å². The van der Waals surface area contributed by atoms with Crippen molar-refractivity contribution in [3.8, 4) is 0 Å². The second kappa shape index (κ2) is 4.33. The third kappa shape index (κ3) is 2.58. The molecule has 1 unspecified atom stereocenters. The van der Waals surface area contributed by atoms with Crippen LogP contribution < -0.4 is 0 Å². The van der Waals surface area contributed by atoms with Crippen LogP contribution in [0.2, 0.25) is 0 Å². The Kier molecular flexibility index (Phi) is 3.52. The number of rotatable bonds is 2. The molecule has 15 heavy (non-hydrogen) atoms. The molecule has 0 spiro atoms. The normalized spacial score (nSPS) is 30.3. The minimum absolute atomic E-state index is 0.350. The van der Waals surface area contributed by atoms with Gasteiger partial charge in [-0.3, -0.25) is 0 Å². The molecular formula is C11H18O4. The summed E-state index contributed by atoms with van der Waals surface area (Å²) in [5.74, 6) is -1.14. The molecule has 1 saturated heterocycles. The van der Waals surface area contributed by atoms with Gasteiger partial charge in [0.25, 0.3) is 0 Å². The lowest BCUT2D eigenvalue weighted by molar-refractivity contribution is -0.168. The highest BCUT2D eigenvalue weighted by Gasteiger charge is 2.46. The van der Waals surface area contributed by atoms with Crippen LogP contribution in [0.25, 0.3) is 0 Å². The molecule has 1 heterocycles. The van der Waals surface area contributed by atoms with Crippen molar-refractivity contribution in [1.29, 1.82) is 0 Å². The van der Waals surface area contributed by atoms with Crippen molar-refractivity contribution in [3.63, 3.8) is 0 Å². The Morgan fingerprint density at radius 3 is 2.33 bits per heavy atom. The monoisotopic (exact) mass is 214 g/mol. The smallest absolute Gasteiger partial charge is 0.338 e. The fourth-order valence-electron chi connectivity index (χ4n) is 1.55. The van der Waals surface area contributed by atoms with Gasteiger partial charge in [0.15, 0.2) is 11.9 Å². The molecule has 1 fully saturated rings. The first kappa shape index (κ1) is 12.2. The molecule has 1 aliphatic rings. The summed E-state index contributed by atoms with van der Waals surface area (Å²) >= 11 is 0. The van der Waals surface area contributed by atoms with E-state index in [0.717, 1.165) is 5.57 Å². The zero-order chi connectivity index (χ0) is 11.6. The first-order valence-corrected chi connectivity index (χ1v) is 4.97. The standard InChI is InChI=1S/C11H18O4/c1-6-7(2)8-9(10(12)13-5)15-11(3,4)14-8/h6,8-9H,1-5H3/b7-6-/t8-,9?/m0/s1. The van der Waals surface area contributed by atoms with Gasteiger partial charge in [0.2, 0.25) is 0 Å². The Balaban J connectivity index is 2.89. The Morgan fingerprint density at radius 2 is 1.87 bits per heavy atom. The van der Waals surface area contributed by atoms with Crippen LogP contribution in [0.4, 0.5) is 0 Å². The zero-order valence-corrected chi connectivity index (χ0v) is 9.87. The molecule has 0 radical (unpaired) electrons. The van der Waals surface area contributed by atoms with Gasteiger partial charge in [-0.25, -0.2) is 4.79 Å². The second-order valence-electron chi connectivity index (χ2n) is 4.03. The zero-order valence-electron chi connectivity index (χ0n) is 9.87. The Bertz CT molecular complexity index is 280. The molecule has 0 aromatic carbocycles. The molecule has 0 bridgehead atoms. The summed E-state index contributed by atoms with van der Waals surface area (Å²) in [5.41, 5.74) is 0.968. The van der Waals surface area contributed by atoms with Crippen LogP contribution in [0.15, 0.2) is 11.6 Å². The molecule has 0 amide bonds. The molecule has 0 aromatic rings. The lowest BCUT2D eigenvalue weighted by Gasteiger charge is -2.16. The van der Waals surface area contributed by atoms with E-state index in [9.17, 15) is 4.79 Å². The molecule has 4 heteroatoms. The Hall–Kier alpha value is -0.870. The van der Waals surface area contributed by atoms with Gasteiger partial charge in [-0.15, -0.1) is 0 Å². The summed E-state index contributed by atoms with van der Waals surface area (Å²) < 4.78 is 15.8. The summed E-state index contributed by atoms with van der Waals surface area (Å²) in [5, 5.41) is 0. The summed E-state index contributed by atoms with van der Waals surface area (Å²) in [6, 6.07) is 0. The number of allylic oxidation sites excluding steroid dienone is 1. The highest BCUT2D eigenvalue weighted by atomic mass is 16.8. The number of ether oxygens (including phenoxy) is 3. The van der Waals surface area contributed by atoms with Crippen molar-refractivity contribution in [2.24, 2.45) is 0 Å². The van der Waals surface area contributed by atoms with Gasteiger partial charge >= 0.3 is 5.97 Å². The van der Waals surface area contributed by atoms with Crippen molar-refractivity contribution in [2.75, 3.05) is 7.11 Å². The molecule has 4 nitrogen and oxygen atoms in total. The predicted octanol–water partition coefficient (Wildman–Crippen LogP) is 1.65. The van der Waals surface area contributed by atoms with Crippen LogP contribution in [0.1, 0.15) is 27.7 Å². The fourth-order valence-corrected chi connectivity index (χ4v) is 1.55. The second-order valence-corrected chi connectivity index (χ2v) is 4.03. The molecule has 1 rings (SSSR count). The fraction of sp³-hybridized carbons (Fsp3) is 0.727. The molecule has 0 saturated carbocycles. The number of hydrogen-bond acceptors (Lipinski definition) is 4. The molecular weight excluding hydrogens is 196 g/mol. The Labute approximate surface area is 90.2 Å². The lowest BCUT2D eigenvalue weighted by Crippen LogP contribution is -2.33. The summed E-state index contributed by atoms with van der Waals surface area (Å²) in [4.78, 5) is 11.5. The summed E-state index contributed by atoms with van der Waals surface area (Å²) in [6.45, 7) is 7.38. The van der Waals surface area contributed by atoms with Crippen LogP contribution in [-0.2, 0) is 19.0 Å². The maximum absolute atomic E-state index is 11.5. The van der Waals surface area contributed by atoms with Crippen molar-refractivity contribution in [2.45, 2.75) is 45.7 Å². The van der Waals surface area contributed by atoms with Crippen molar-refractivity contribution >= 4 is 5.97 Å². The number of esters is 1. The third-order valence-corrected chi connectivity index (χ3v) is 2.43. The lowest BCUT2D eigenvalue weighted by atomic mass is 10.1. The summed E-state index contributed by atoms with van der Waals surface area (Å²) in [7, 11) is 1.35. The highest BCUT2D eigenvalue weighted by Crippen LogP contribution is 2.32. The number of carbonyl (C=O) groups is 1. The van der Waals surface area contributed by atoms with Crippen molar-refractivity contribution in [3.05, 3.63) is 11.6 Å². The number of methoxy groups -OCH3 is 1. The molecule has 1 aliphatic heterocycles. The van der Waals surface area contributed by atoms with Gasteiger partial charge < -0.3 is 14.2 Å². The van der Waals surface area contributed by atoms with E-state index in [0.29, 0.717) is 0 Å². The van der Waals surface area contributed by atoms with E-state index >= 15 is 0 Å². The van der Waals surface area contributed by atoms with E-state index in [1.807, 2.05) is 19.9 Å². The molecule has 2 atom stereocenters. The van der Waals surface area contributed by atoms with Crippen LogP contribution in [0.3, 0.4) is 0 Å². The van der Waals surface area contributed by atoms with Crippen molar-refractivity contribution in [1.82, 2.24) is 0 Å². The van der Waals surface area contributed by atoms with Crippen LogP contribution in [-0.4, -0.2) is 31.1 Å². The minimum atomic E-state index is -0.742. The minimum Gasteiger partial charge on any atom is -0.467 e. The predicted molar refractivity (Wildman–Crippen MR) is 55.3 cm³/mol. The van der Waals surface area contributed by atoms with Gasteiger partial charge in [-0.2, -0.15) is 0 Å². The van der Waals surface area contributed by atoms with E-state index in [4.69, 9.17) is 9.47 Å². The highest BCUT2D eigenvalue weighted by molar-refractivity contribution is 5.76. The van der Waals surface area contributed by atoms with Crippen LogP contribution in [0, 0.1) is 0 Å². The topological polar surface area (TPSA) is 44.8 Å². The largest absolute Gasteiger partial charge is 0.467 e. The summed E-state index contributed by atoms with van der Waals surface area (Å²) in [6.07, 6.45) is 0.893. The van der Waals surface area contributed by atoms with E-state index in [-0.39, 0.29) is 6.10 Å². The quantitative estimate of drug-likeness (QED) is 0.518. The number of carbonyl (C=O) groups excluding carboxylic acids is 1. The maximum atomic E-state index is 11.5. The first-order chi connectivity index (χ1) is 6.91. The molecule has 86 valence electrons. The van der Waals surface area contributed by atoms with Crippen LogP contribution >= 0.6 is 0 Å². The average Bonchev–Trinajstić information content (AvgIpc) is 2.52. The molecule has 0 N–H and O–H groups in total. The molecule has 0 aromatic heterocycles. The van der Waals surface area contributed by atoms with Gasteiger partial charge in [0.1, 0.15) is 6.10 Å². The van der Waals surface area contributed by atoms with Gasteiger partial charge in [0, 0.05) is 0 Å². The van der Waals surface area contributed by atoms with Gasteiger partial charge in [-0.1, -0.05) is 6.08 Å². The van der Waals surface area contributed by atoms with E-state index in [2.05, 4.69) is 4.74 Å². The first-order valence-electron chi connectivity index (χ1n) is 4.97. The van der Waals surface area contributed by atoms with E-state index in [1.165, 1.54) is 7.11 Å². The SMILES string of the molecule is C/C=C(/C)[C@@H]1OC(C)(C)OC1C(=O)OC. The maximum Gasteiger partial charge on any atom is 0.338 e. The third-order valence-electron chi connectivity index (χ3n) is 2.43. The van der Waals surface area contributed by atoms with E-state index < -0.39 is 17.9 Å². The van der Waals surface area contributed by atoms with Crippen LogP contribution in [0.5, 0.6) is 0 Å². The van der Waals surface area contributed by atoms with E-state index in [1.54, 1.807) is 13.8 Å². The van der Waals surface area contributed by atoms with Gasteiger partial charge in [-0.05, 0) is 33.3 Å². The number of hydrogen-bond donors (Lipinski definition) is 0. The molecule has 0 aliphatic carbocycles. The Morgan fingerprint density at radius 1 is 1.33 bits per heavy atom.